The van der Waals surface area contributed by atoms with Gasteiger partial charge in [0.2, 0.25) is 0 Å². The molecule has 1 aromatic rings. The lowest BCUT2D eigenvalue weighted by Gasteiger charge is -2.20. The third-order valence-electron chi connectivity index (χ3n) is 3.27. The first-order chi connectivity index (χ1) is 8.61. The highest BCUT2D eigenvalue weighted by Crippen LogP contribution is 2.35. The molecule has 3 nitrogen and oxygen atoms in total. The Morgan fingerprint density at radius 3 is 2.83 bits per heavy atom. The monoisotopic (exact) mass is 250 g/mol. The van der Waals surface area contributed by atoms with Crippen molar-refractivity contribution in [3.05, 3.63) is 35.7 Å². The van der Waals surface area contributed by atoms with Gasteiger partial charge in [0.25, 0.3) is 0 Å². The number of aliphatic carboxylic acids is 1. The summed E-state index contributed by atoms with van der Waals surface area (Å²) in [7, 11) is 1.54. The van der Waals surface area contributed by atoms with E-state index in [-0.39, 0.29) is 11.7 Å². The molecule has 0 radical (unpaired) electrons. The van der Waals surface area contributed by atoms with Crippen LogP contribution in [0, 0.1) is 11.7 Å². The van der Waals surface area contributed by atoms with Crippen molar-refractivity contribution in [2.45, 2.75) is 19.3 Å². The summed E-state index contributed by atoms with van der Waals surface area (Å²) in [6.45, 7) is 0. The van der Waals surface area contributed by atoms with Gasteiger partial charge < -0.3 is 9.84 Å². The van der Waals surface area contributed by atoms with E-state index in [1.165, 1.54) is 12.1 Å². The summed E-state index contributed by atoms with van der Waals surface area (Å²) in [5, 5.41) is 8.93. The zero-order valence-electron chi connectivity index (χ0n) is 10.1. The molecule has 1 atom stereocenters. The van der Waals surface area contributed by atoms with Gasteiger partial charge in [0.15, 0.2) is 0 Å². The summed E-state index contributed by atoms with van der Waals surface area (Å²) in [4.78, 5) is 10.9. The fraction of sp³-hybridized carbons (Fsp3) is 0.357. The molecule has 0 aliphatic heterocycles. The van der Waals surface area contributed by atoms with Crippen LogP contribution < -0.4 is 4.74 Å². The van der Waals surface area contributed by atoms with Crippen molar-refractivity contribution >= 4 is 11.5 Å². The Kier molecular flexibility index (Phi) is 3.65. The third-order valence-corrected chi connectivity index (χ3v) is 3.27. The Hall–Kier alpha value is -1.84. The van der Waals surface area contributed by atoms with Gasteiger partial charge in [-0.1, -0.05) is 6.08 Å². The molecular formula is C14H15FO3. The zero-order valence-corrected chi connectivity index (χ0v) is 10.1. The predicted octanol–water partition coefficient (Wildman–Crippen LogP) is 3.10. The van der Waals surface area contributed by atoms with Crippen LogP contribution in [-0.2, 0) is 4.79 Å². The number of halogens is 1. The van der Waals surface area contributed by atoms with E-state index in [1.54, 1.807) is 13.2 Å². The van der Waals surface area contributed by atoms with Gasteiger partial charge in [-0.05, 0) is 43.0 Å². The fourth-order valence-corrected chi connectivity index (χ4v) is 2.23. The normalized spacial score (nSPS) is 19.2. The average molecular weight is 250 g/mol. The molecule has 0 aromatic heterocycles. The number of carboxylic acids is 1. The van der Waals surface area contributed by atoms with Gasteiger partial charge >= 0.3 is 5.97 Å². The number of hydrogen-bond donors (Lipinski definition) is 1. The number of carbonyl (C=O) groups is 1. The van der Waals surface area contributed by atoms with Crippen LogP contribution in [0.4, 0.5) is 4.39 Å². The first-order valence-electron chi connectivity index (χ1n) is 5.87. The molecule has 18 heavy (non-hydrogen) atoms. The first kappa shape index (κ1) is 12.6. The molecule has 1 aromatic carbocycles. The molecule has 0 unspecified atom stereocenters. The minimum Gasteiger partial charge on any atom is -0.496 e. The van der Waals surface area contributed by atoms with Crippen molar-refractivity contribution in [2.24, 2.45) is 5.92 Å². The molecule has 4 heteroatoms. The maximum Gasteiger partial charge on any atom is 0.306 e. The molecule has 1 aliphatic carbocycles. The highest BCUT2D eigenvalue weighted by atomic mass is 19.1. The Labute approximate surface area is 105 Å². The van der Waals surface area contributed by atoms with E-state index < -0.39 is 5.97 Å². The molecule has 0 saturated carbocycles. The smallest absolute Gasteiger partial charge is 0.306 e. The summed E-state index contributed by atoms with van der Waals surface area (Å²) < 4.78 is 18.5. The highest BCUT2D eigenvalue weighted by molar-refractivity contribution is 5.75. The second-order valence-electron chi connectivity index (χ2n) is 4.38. The largest absolute Gasteiger partial charge is 0.496 e. The molecule has 0 heterocycles. The molecule has 2 rings (SSSR count). The van der Waals surface area contributed by atoms with Crippen LogP contribution in [0.25, 0.3) is 5.57 Å². The lowest BCUT2D eigenvalue weighted by Crippen LogP contribution is -2.15. The van der Waals surface area contributed by atoms with E-state index in [1.807, 2.05) is 6.08 Å². The Bertz CT molecular complexity index is 494. The summed E-state index contributed by atoms with van der Waals surface area (Å²) in [6, 6.07) is 4.38. The lowest BCUT2D eigenvalue weighted by molar-refractivity contribution is -0.141. The van der Waals surface area contributed by atoms with Crippen LogP contribution in [0.2, 0.25) is 0 Å². The fourth-order valence-electron chi connectivity index (χ4n) is 2.23. The van der Waals surface area contributed by atoms with Crippen LogP contribution in [0.15, 0.2) is 24.3 Å². The van der Waals surface area contributed by atoms with E-state index in [9.17, 15) is 9.18 Å². The van der Waals surface area contributed by atoms with E-state index in [0.29, 0.717) is 25.0 Å². The number of hydrogen-bond acceptors (Lipinski definition) is 2. The quantitative estimate of drug-likeness (QED) is 0.896. The second kappa shape index (κ2) is 5.21. The predicted molar refractivity (Wildman–Crippen MR) is 65.9 cm³/mol. The summed E-state index contributed by atoms with van der Waals surface area (Å²) in [5.41, 5.74) is 1.69. The van der Waals surface area contributed by atoms with Crippen molar-refractivity contribution in [3.63, 3.8) is 0 Å². The SMILES string of the molecule is COc1ccc(F)cc1C1=CC[C@H](C(=O)O)CC1. The number of benzene rings is 1. The minimum atomic E-state index is -0.767. The Morgan fingerprint density at radius 2 is 2.28 bits per heavy atom. The molecular weight excluding hydrogens is 235 g/mol. The maximum absolute atomic E-state index is 13.3. The van der Waals surface area contributed by atoms with Gasteiger partial charge in [-0.25, -0.2) is 4.39 Å². The molecule has 1 aliphatic rings. The minimum absolute atomic E-state index is 0.313. The van der Waals surface area contributed by atoms with Gasteiger partial charge in [-0.3, -0.25) is 4.79 Å². The maximum atomic E-state index is 13.3. The number of allylic oxidation sites excluding steroid dienone is 2. The van der Waals surface area contributed by atoms with Gasteiger partial charge in [-0.2, -0.15) is 0 Å². The molecule has 0 fully saturated rings. The van der Waals surface area contributed by atoms with Crippen LogP contribution in [-0.4, -0.2) is 18.2 Å². The van der Waals surface area contributed by atoms with E-state index >= 15 is 0 Å². The second-order valence-corrected chi connectivity index (χ2v) is 4.38. The zero-order chi connectivity index (χ0) is 13.1. The van der Waals surface area contributed by atoms with Crippen molar-refractivity contribution in [3.8, 4) is 5.75 Å². The lowest BCUT2D eigenvalue weighted by atomic mass is 9.86. The molecule has 0 bridgehead atoms. The topological polar surface area (TPSA) is 46.5 Å². The van der Waals surface area contributed by atoms with E-state index in [0.717, 1.165) is 11.1 Å². The number of ether oxygens (including phenoxy) is 1. The van der Waals surface area contributed by atoms with Crippen molar-refractivity contribution in [1.29, 1.82) is 0 Å². The Morgan fingerprint density at radius 1 is 1.50 bits per heavy atom. The van der Waals surface area contributed by atoms with Crippen molar-refractivity contribution in [2.75, 3.05) is 7.11 Å². The standard InChI is InChI=1S/C14H15FO3/c1-18-13-7-6-11(15)8-12(13)9-2-4-10(5-3-9)14(16)17/h2,6-8,10H,3-5H2,1H3,(H,16,17)/t10-/m0/s1. The molecule has 0 saturated heterocycles. The van der Waals surface area contributed by atoms with Crippen LogP contribution in [0.3, 0.4) is 0 Å². The number of rotatable bonds is 3. The molecule has 0 spiro atoms. The van der Waals surface area contributed by atoms with Gasteiger partial charge in [-0.15, -0.1) is 0 Å². The average Bonchev–Trinajstić information content (AvgIpc) is 2.39. The number of methoxy groups -OCH3 is 1. The molecule has 0 amide bonds. The van der Waals surface area contributed by atoms with Gasteiger partial charge in [0, 0.05) is 5.56 Å². The Balaban J connectivity index is 2.27. The molecule has 1 N–H and O–H groups in total. The molecule has 96 valence electrons. The number of carboxylic acid groups (broad SMARTS) is 1. The van der Waals surface area contributed by atoms with E-state index in [4.69, 9.17) is 9.84 Å². The van der Waals surface area contributed by atoms with Crippen molar-refractivity contribution in [1.82, 2.24) is 0 Å². The van der Waals surface area contributed by atoms with E-state index in [2.05, 4.69) is 0 Å². The van der Waals surface area contributed by atoms with Crippen LogP contribution in [0.1, 0.15) is 24.8 Å². The van der Waals surface area contributed by atoms with Crippen LogP contribution >= 0.6 is 0 Å². The highest BCUT2D eigenvalue weighted by Gasteiger charge is 2.22. The van der Waals surface area contributed by atoms with Gasteiger partial charge in [0.1, 0.15) is 11.6 Å². The van der Waals surface area contributed by atoms with Gasteiger partial charge in [0.05, 0.1) is 13.0 Å². The third kappa shape index (κ3) is 2.53. The van der Waals surface area contributed by atoms with Crippen LogP contribution in [0.5, 0.6) is 5.75 Å². The summed E-state index contributed by atoms with van der Waals surface area (Å²) in [6.07, 6.45) is 3.58. The first-order valence-corrected chi connectivity index (χ1v) is 5.87. The summed E-state index contributed by atoms with van der Waals surface area (Å²) >= 11 is 0. The summed E-state index contributed by atoms with van der Waals surface area (Å²) in [5.74, 6) is -0.784. The van der Waals surface area contributed by atoms with Crippen molar-refractivity contribution < 1.29 is 19.0 Å².